The second-order valence-corrected chi connectivity index (χ2v) is 4.25. The van der Waals surface area contributed by atoms with E-state index in [-0.39, 0.29) is 5.91 Å². The predicted molar refractivity (Wildman–Crippen MR) is 76.9 cm³/mol. The Balaban J connectivity index is 2.25. The highest BCUT2D eigenvalue weighted by atomic mass is 16.5. The van der Waals surface area contributed by atoms with Gasteiger partial charge in [0.2, 0.25) is 0 Å². The standard InChI is InChI=1S/C16H14N2O2/c1-18(14-8-6-12(11-17)7-9-14)16(19)13-4-3-5-15(10-13)20-2/h3-10H,1-2H3. The van der Waals surface area contributed by atoms with Crippen molar-refractivity contribution in [1.29, 1.82) is 5.26 Å². The Labute approximate surface area is 117 Å². The number of carbonyl (C=O) groups excluding carboxylic acids is 1. The Morgan fingerprint density at radius 1 is 1.20 bits per heavy atom. The van der Waals surface area contributed by atoms with E-state index in [1.807, 2.05) is 6.07 Å². The number of anilines is 1. The highest BCUT2D eigenvalue weighted by molar-refractivity contribution is 6.05. The molecule has 2 aromatic carbocycles. The second kappa shape index (κ2) is 5.89. The minimum absolute atomic E-state index is 0.131. The lowest BCUT2D eigenvalue weighted by atomic mass is 10.1. The van der Waals surface area contributed by atoms with Crippen molar-refractivity contribution in [2.75, 3.05) is 19.1 Å². The first-order chi connectivity index (χ1) is 9.65. The van der Waals surface area contributed by atoms with Gasteiger partial charge in [-0.15, -0.1) is 0 Å². The third-order valence-electron chi connectivity index (χ3n) is 3.01. The fourth-order valence-corrected chi connectivity index (χ4v) is 1.83. The summed E-state index contributed by atoms with van der Waals surface area (Å²) in [4.78, 5) is 13.9. The molecule has 0 unspecified atom stereocenters. The largest absolute Gasteiger partial charge is 0.497 e. The number of benzene rings is 2. The van der Waals surface area contributed by atoms with Gasteiger partial charge >= 0.3 is 0 Å². The molecule has 0 heterocycles. The minimum atomic E-state index is -0.131. The smallest absolute Gasteiger partial charge is 0.258 e. The molecule has 0 N–H and O–H groups in total. The molecule has 0 radical (unpaired) electrons. The van der Waals surface area contributed by atoms with Crippen molar-refractivity contribution < 1.29 is 9.53 Å². The zero-order chi connectivity index (χ0) is 14.5. The van der Waals surface area contributed by atoms with Crippen LogP contribution in [0, 0.1) is 11.3 Å². The lowest BCUT2D eigenvalue weighted by Crippen LogP contribution is -2.26. The van der Waals surface area contributed by atoms with Gasteiger partial charge in [-0.3, -0.25) is 4.79 Å². The van der Waals surface area contributed by atoms with E-state index >= 15 is 0 Å². The Hall–Kier alpha value is -2.80. The first kappa shape index (κ1) is 13.6. The van der Waals surface area contributed by atoms with Crippen LogP contribution >= 0.6 is 0 Å². The number of rotatable bonds is 3. The number of nitriles is 1. The molecule has 0 saturated heterocycles. The van der Waals surface area contributed by atoms with Gasteiger partial charge in [0.1, 0.15) is 5.75 Å². The molecule has 4 nitrogen and oxygen atoms in total. The van der Waals surface area contributed by atoms with Crippen LogP contribution in [0.15, 0.2) is 48.5 Å². The molecule has 0 aliphatic carbocycles. The van der Waals surface area contributed by atoms with Crippen LogP contribution in [0.25, 0.3) is 0 Å². The molecule has 0 saturated carbocycles. The normalized spacial score (nSPS) is 9.65. The Bertz CT molecular complexity index is 657. The van der Waals surface area contributed by atoms with Crippen LogP contribution in [0.1, 0.15) is 15.9 Å². The summed E-state index contributed by atoms with van der Waals surface area (Å²) in [5.41, 5.74) is 1.85. The fourth-order valence-electron chi connectivity index (χ4n) is 1.83. The van der Waals surface area contributed by atoms with Gasteiger partial charge in [0.25, 0.3) is 5.91 Å². The number of ether oxygens (including phenoxy) is 1. The summed E-state index contributed by atoms with van der Waals surface area (Å²) in [6.45, 7) is 0. The molecule has 2 rings (SSSR count). The lowest BCUT2D eigenvalue weighted by Gasteiger charge is -2.17. The predicted octanol–water partition coefficient (Wildman–Crippen LogP) is 2.84. The van der Waals surface area contributed by atoms with Crippen molar-refractivity contribution >= 4 is 11.6 Å². The van der Waals surface area contributed by atoms with Crippen LogP contribution in [0.5, 0.6) is 5.75 Å². The molecular weight excluding hydrogens is 252 g/mol. The maximum Gasteiger partial charge on any atom is 0.258 e. The SMILES string of the molecule is COc1cccc(C(=O)N(C)c2ccc(C#N)cc2)c1. The van der Waals surface area contributed by atoms with E-state index in [9.17, 15) is 4.79 Å². The summed E-state index contributed by atoms with van der Waals surface area (Å²) in [6, 6.07) is 15.9. The maximum atomic E-state index is 12.4. The van der Waals surface area contributed by atoms with E-state index in [4.69, 9.17) is 10.00 Å². The van der Waals surface area contributed by atoms with Crippen LogP contribution in [0.3, 0.4) is 0 Å². The Morgan fingerprint density at radius 2 is 1.90 bits per heavy atom. The maximum absolute atomic E-state index is 12.4. The topological polar surface area (TPSA) is 53.3 Å². The van der Waals surface area contributed by atoms with Crippen LogP contribution in [-0.4, -0.2) is 20.1 Å². The summed E-state index contributed by atoms with van der Waals surface area (Å²) in [6.07, 6.45) is 0. The summed E-state index contributed by atoms with van der Waals surface area (Å²) in [5.74, 6) is 0.512. The van der Waals surface area contributed by atoms with Gasteiger partial charge in [0.15, 0.2) is 0 Å². The van der Waals surface area contributed by atoms with Crippen molar-refractivity contribution in [3.8, 4) is 11.8 Å². The molecule has 0 atom stereocenters. The number of hydrogen-bond donors (Lipinski definition) is 0. The molecule has 100 valence electrons. The molecular formula is C16H14N2O2. The quantitative estimate of drug-likeness (QED) is 0.858. The molecule has 0 fully saturated rings. The molecule has 0 spiro atoms. The average Bonchev–Trinajstić information content (AvgIpc) is 2.53. The highest BCUT2D eigenvalue weighted by Crippen LogP contribution is 2.19. The van der Waals surface area contributed by atoms with Gasteiger partial charge in [-0.05, 0) is 42.5 Å². The molecule has 1 amide bonds. The van der Waals surface area contributed by atoms with Crippen LogP contribution < -0.4 is 9.64 Å². The van der Waals surface area contributed by atoms with E-state index in [1.54, 1.807) is 62.7 Å². The van der Waals surface area contributed by atoms with Gasteiger partial charge in [-0.2, -0.15) is 5.26 Å². The highest BCUT2D eigenvalue weighted by Gasteiger charge is 2.13. The second-order valence-electron chi connectivity index (χ2n) is 4.25. The van der Waals surface area contributed by atoms with Crippen LogP contribution in [0.4, 0.5) is 5.69 Å². The number of nitrogens with zero attached hydrogens (tertiary/aromatic N) is 2. The number of amides is 1. The minimum Gasteiger partial charge on any atom is -0.497 e. The van der Waals surface area contributed by atoms with Crippen molar-refractivity contribution in [3.05, 3.63) is 59.7 Å². The number of carbonyl (C=O) groups is 1. The van der Waals surface area contributed by atoms with E-state index in [2.05, 4.69) is 0 Å². The summed E-state index contributed by atoms with van der Waals surface area (Å²) in [7, 11) is 3.26. The molecule has 0 bridgehead atoms. The van der Waals surface area contributed by atoms with E-state index in [1.165, 1.54) is 4.90 Å². The van der Waals surface area contributed by atoms with Gasteiger partial charge in [-0.1, -0.05) is 6.07 Å². The van der Waals surface area contributed by atoms with Crippen LogP contribution in [-0.2, 0) is 0 Å². The van der Waals surface area contributed by atoms with Gasteiger partial charge in [-0.25, -0.2) is 0 Å². The molecule has 0 aliphatic rings. The van der Waals surface area contributed by atoms with Gasteiger partial charge < -0.3 is 9.64 Å². The zero-order valence-corrected chi connectivity index (χ0v) is 11.3. The Kier molecular flexibility index (Phi) is 4.02. The van der Waals surface area contributed by atoms with Crippen molar-refractivity contribution in [2.24, 2.45) is 0 Å². The fraction of sp³-hybridized carbons (Fsp3) is 0.125. The molecule has 2 aromatic rings. The molecule has 0 aromatic heterocycles. The third kappa shape index (κ3) is 2.78. The van der Waals surface area contributed by atoms with Crippen LogP contribution in [0.2, 0.25) is 0 Å². The first-order valence-electron chi connectivity index (χ1n) is 6.08. The monoisotopic (exact) mass is 266 g/mol. The number of hydrogen-bond acceptors (Lipinski definition) is 3. The third-order valence-corrected chi connectivity index (χ3v) is 3.01. The van der Waals surface area contributed by atoms with Crippen molar-refractivity contribution in [2.45, 2.75) is 0 Å². The molecule has 0 aliphatic heterocycles. The van der Waals surface area contributed by atoms with Crippen molar-refractivity contribution in [1.82, 2.24) is 0 Å². The van der Waals surface area contributed by atoms with Gasteiger partial charge in [0.05, 0.1) is 18.7 Å². The first-order valence-corrected chi connectivity index (χ1v) is 6.08. The summed E-state index contributed by atoms with van der Waals surface area (Å²) >= 11 is 0. The summed E-state index contributed by atoms with van der Waals surface area (Å²) in [5, 5.41) is 8.77. The van der Waals surface area contributed by atoms with Crippen molar-refractivity contribution in [3.63, 3.8) is 0 Å². The van der Waals surface area contributed by atoms with E-state index < -0.39 is 0 Å². The number of methoxy groups -OCH3 is 1. The molecule has 20 heavy (non-hydrogen) atoms. The lowest BCUT2D eigenvalue weighted by molar-refractivity contribution is 0.0992. The zero-order valence-electron chi connectivity index (χ0n) is 11.3. The van der Waals surface area contributed by atoms with E-state index in [0.717, 1.165) is 5.69 Å². The van der Waals surface area contributed by atoms with Gasteiger partial charge in [0, 0.05) is 18.3 Å². The summed E-state index contributed by atoms with van der Waals surface area (Å²) < 4.78 is 5.11. The molecule has 4 heteroatoms. The Morgan fingerprint density at radius 3 is 2.50 bits per heavy atom. The van der Waals surface area contributed by atoms with E-state index in [0.29, 0.717) is 16.9 Å². The average molecular weight is 266 g/mol.